The Morgan fingerprint density at radius 2 is 1.47 bits per heavy atom. The first kappa shape index (κ1) is 10.8. The van der Waals surface area contributed by atoms with E-state index in [4.69, 9.17) is 11.5 Å². The third-order valence-electron chi connectivity index (χ3n) is 1.71. The van der Waals surface area contributed by atoms with E-state index in [2.05, 4.69) is 10.6 Å². The second-order valence-electron chi connectivity index (χ2n) is 2.86. The highest BCUT2D eigenvalue weighted by atomic mass is 16.2. The number of amides is 4. The zero-order valence-corrected chi connectivity index (χ0v) is 7.94. The lowest BCUT2D eigenvalue weighted by atomic mass is 10.2. The zero-order valence-electron chi connectivity index (χ0n) is 7.94. The third-order valence-corrected chi connectivity index (χ3v) is 1.71. The van der Waals surface area contributed by atoms with Crippen LogP contribution in [0.1, 0.15) is 11.7 Å². The van der Waals surface area contributed by atoms with Crippen LogP contribution in [0, 0.1) is 0 Å². The molecule has 0 bridgehead atoms. The van der Waals surface area contributed by atoms with E-state index < -0.39 is 18.2 Å². The van der Waals surface area contributed by atoms with E-state index in [1.54, 1.807) is 24.3 Å². The average Bonchev–Trinajstić information content (AvgIpc) is 2.17. The lowest BCUT2D eigenvalue weighted by Gasteiger charge is -2.17. The van der Waals surface area contributed by atoms with E-state index in [-0.39, 0.29) is 0 Å². The normalized spacial score (nSPS) is 9.67. The molecule has 0 atom stereocenters. The summed E-state index contributed by atoms with van der Waals surface area (Å²) < 4.78 is 0. The summed E-state index contributed by atoms with van der Waals surface area (Å²) in [6.45, 7) is 0. The van der Waals surface area contributed by atoms with Crippen molar-refractivity contribution in [1.82, 2.24) is 10.6 Å². The SMILES string of the molecule is NC(=O)NC(NC(N)=O)c1ccccc1. The molecule has 15 heavy (non-hydrogen) atoms. The molecule has 80 valence electrons. The Bertz CT molecular complexity index is 336. The Kier molecular flexibility index (Phi) is 3.50. The van der Waals surface area contributed by atoms with Crippen LogP contribution in [0.25, 0.3) is 0 Å². The van der Waals surface area contributed by atoms with Gasteiger partial charge in [0, 0.05) is 0 Å². The number of rotatable bonds is 3. The maximum atomic E-state index is 10.7. The van der Waals surface area contributed by atoms with Gasteiger partial charge in [-0.2, -0.15) is 0 Å². The summed E-state index contributed by atoms with van der Waals surface area (Å²) in [5.74, 6) is 0. The predicted molar refractivity (Wildman–Crippen MR) is 54.6 cm³/mol. The van der Waals surface area contributed by atoms with Crippen LogP contribution in [0.4, 0.5) is 9.59 Å². The first-order valence-electron chi connectivity index (χ1n) is 4.26. The molecule has 1 aromatic rings. The summed E-state index contributed by atoms with van der Waals surface area (Å²) in [7, 11) is 0. The summed E-state index contributed by atoms with van der Waals surface area (Å²) in [4.78, 5) is 21.4. The molecule has 6 heteroatoms. The van der Waals surface area contributed by atoms with Crippen molar-refractivity contribution in [1.29, 1.82) is 0 Å². The fourth-order valence-corrected chi connectivity index (χ4v) is 1.13. The minimum Gasteiger partial charge on any atom is -0.352 e. The van der Waals surface area contributed by atoms with Crippen molar-refractivity contribution in [3.8, 4) is 0 Å². The molecule has 0 unspecified atom stereocenters. The number of urea groups is 2. The lowest BCUT2D eigenvalue weighted by Crippen LogP contribution is -2.45. The molecule has 0 aliphatic carbocycles. The van der Waals surface area contributed by atoms with Gasteiger partial charge >= 0.3 is 12.1 Å². The predicted octanol–water partition coefficient (Wildman–Crippen LogP) is 0.0218. The molecule has 0 fully saturated rings. The Labute approximate surface area is 86.6 Å². The molecule has 0 aromatic heterocycles. The number of hydrogen-bond donors (Lipinski definition) is 4. The largest absolute Gasteiger partial charge is 0.352 e. The molecule has 0 radical (unpaired) electrons. The van der Waals surface area contributed by atoms with E-state index in [0.717, 1.165) is 0 Å². The van der Waals surface area contributed by atoms with E-state index in [1.165, 1.54) is 0 Å². The van der Waals surface area contributed by atoms with Gasteiger partial charge in [0.05, 0.1) is 0 Å². The smallest absolute Gasteiger partial charge is 0.314 e. The highest BCUT2D eigenvalue weighted by molar-refractivity contribution is 5.75. The fraction of sp³-hybridized carbons (Fsp3) is 0.111. The Morgan fingerprint density at radius 1 is 1.00 bits per heavy atom. The number of carbonyl (C=O) groups is 2. The minimum absolute atomic E-state index is 0.690. The standard InChI is InChI=1S/C9H12N4O2/c10-8(14)12-7(13-9(11)15)6-4-2-1-3-5-6/h1-5,7H,(H3,10,12,14)(H3,11,13,15). The van der Waals surface area contributed by atoms with Gasteiger partial charge < -0.3 is 22.1 Å². The Hall–Kier alpha value is -2.24. The van der Waals surface area contributed by atoms with E-state index in [9.17, 15) is 9.59 Å². The highest BCUT2D eigenvalue weighted by Crippen LogP contribution is 2.08. The van der Waals surface area contributed by atoms with Gasteiger partial charge in [0.25, 0.3) is 0 Å². The van der Waals surface area contributed by atoms with Crippen molar-refractivity contribution in [2.24, 2.45) is 11.5 Å². The molecule has 4 amide bonds. The summed E-state index contributed by atoms with van der Waals surface area (Å²) in [6, 6.07) is 7.35. The van der Waals surface area contributed by atoms with Crippen LogP contribution < -0.4 is 22.1 Å². The quantitative estimate of drug-likeness (QED) is 0.525. The van der Waals surface area contributed by atoms with Gasteiger partial charge in [-0.1, -0.05) is 30.3 Å². The van der Waals surface area contributed by atoms with Crippen molar-refractivity contribution in [2.45, 2.75) is 6.17 Å². The second kappa shape index (κ2) is 4.85. The molecule has 6 N–H and O–H groups in total. The lowest BCUT2D eigenvalue weighted by molar-refractivity contribution is 0.235. The molecule has 1 rings (SSSR count). The van der Waals surface area contributed by atoms with Gasteiger partial charge in [0.2, 0.25) is 0 Å². The zero-order chi connectivity index (χ0) is 11.3. The maximum Gasteiger partial charge on any atom is 0.314 e. The summed E-state index contributed by atoms with van der Waals surface area (Å²) >= 11 is 0. The van der Waals surface area contributed by atoms with Crippen LogP contribution >= 0.6 is 0 Å². The first-order chi connectivity index (χ1) is 7.09. The van der Waals surface area contributed by atoms with Crippen LogP contribution in [0.2, 0.25) is 0 Å². The van der Waals surface area contributed by atoms with Gasteiger partial charge in [0.1, 0.15) is 6.17 Å². The summed E-state index contributed by atoms with van der Waals surface area (Å²) in [5.41, 5.74) is 10.6. The van der Waals surface area contributed by atoms with Crippen LogP contribution in [0.3, 0.4) is 0 Å². The number of carbonyl (C=O) groups excluding carboxylic acids is 2. The van der Waals surface area contributed by atoms with Crippen LogP contribution in [0.5, 0.6) is 0 Å². The van der Waals surface area contributed by atoms with Crippen molar-refractivity contribution >= 4 is 12.1 Å². The van der Waals surface area contributed by atoms with Gasteiger partial charge in [-0.15, -0.1) is 0 Å². The number of benzene rings is 1. The van der Waals surface area contributed by atoms with Crippen LogP contribution in [-0.2, 0) is 0 Å². The number of primary amides is 2. The van der Waals surface area contributed by atoms with Crippen molar-refractivity contribution in [3.63, 3.8) is 0 Å². The minimum atomic E-state index is -0.738. The maximum absolute atomic E-state index is 10.7. The fourth-order valence-electron chi connectivity index (χ4n) is 1.13. The Morgan fingerprint density at radius 3 is 1.87 bits per heavy atom. The molecule has 0 aliphatic heterocycles. The molecule has 0 aliphatic rings. The molecular weight excluding hydrogens is 196 g/mol. The first-order valence-corrected chi connectivity index (χ1v) is 4.26. The average molecular weight is 208 g/mol. The summed E-state index contributed by atoms with van der Waals surface area (Å²) in [6.07, 6.45) is -0.707. The van der Waals surface area contributed by atoms with Crippen LogP contribution in [0.15, 0.2) is 30.3 Å². The van der Waals surface area contributed by atoms with E-state index in [1.807, 2.05) is 6.07 Å². The molecule has 0 spiro atoms. The van der Waals surface area contributed by atoms with Gasteiger partial charge in [0.15, 0.2) is 0 Å². The molecule has 6 nitrogen and oxygen atoms in total. The van der Waals surface area contributed by atoms with E-state index in [0.29, 0.717) is 5.56 Å². The van der Waals surface area contributed by atoms with Gasteiger partial charge in [-0.05, 0) is 5.56 Å². The monoisotopic (exact) mass is 208 g/mol. The highest BCUT2D eigenvalue weighted by Gasteiger charge is 2.13. The van der Waals surface area contributed by atoms with Crippen molar-refractivity contribution < 1.29 is 9.59 Å². The second-order valence-corrected chi connectivity index (χ2v) is 2.86. The van der Waals surface area contributed by atoms with Gasteiger partial charge in [-0.3, -0.25) is 0 Å². The molecule has 0 saturated carbocycles. The third kappa shape index (κ3) is 3.55. The summed E-state index contributed by atoms with van der Waals surface area (Å²) in [5, 5.41) is 4.71. The molecule has 0 heterocycles. The van der Waals surface area contributed by atoms with E-state index >= 15 is 0 Å². The topological polar surface area (TPSA) is 110 Å². The number of nitrogens with two attached hydrogens (primary N) is 2. The Balaban J connectivity index is 2.81. The van der Waals surface area contributed by atoms with Crippen LogP contribution in [-0.4, -0.2) is 12.1 Å². The molecule has 1 aromatic carbocycles. The molecular formula is C9H12N4O2. The van der Waals surface area contributed by atoms with Crippen molar-refractivity contribution in [3.05, 3.63) is 35.9 Å². The van der Waals surface area contributed by atoms with Gasteiger partial charge in [-0.25, -0.2) is 9.59 Å². The number of hydrogen-bond acceptors (Lipinski definition) is 2. The number of nitrogens with one attached hydrogen (secondary N) is 2. The molecule has 0 saturated heterocycles. The van der Waals surface area contributed by atoms with Crippen molar-refractivity contribution in [2.75, 3.05) is 0 Å².